The highest BCUT2D eigenvalue weighted by Crippen LogP contribution is 2.60. The van der Waals surface area contributed by atoms with Gasteiger partial charge in [0.15, 0.2) is 0 Å². The van der Waals surface area contributed by atoms with E-state index in [1.165, 1.54) is 24.8 Å². The lowest BCUT2D eigenvalue weighted by Crippen LogP contribution is -2.07. The number of hydrogen-bond donors (Lipinski definition) is 0. The van der Waals surface area contributed by atoms with Crippen molar-refractivity contribution in [2.24, 2.45) is 5.41 Å². The second kappa shape index (κ2) is 3.34. The van der Waals surface area contributed by atoms with E-state index >= 15 is 0 Å². The maximum atomic E-state index is 6.46. The molecule has 0 aliphatic heterocycles. The van der Waals surface area contributed by atoms with Gasteiger partial charge in [0.1, 0.15) is 0 Å². The average molecular weight is 195 g/mol. The number of alkyl halides is 1. The van der Waals surface area contributed by atoms with E-state index in [0.717, 1.165) is 0 Å². The Labute approximate surface area is 84.9 Å². The average Bonchev–Trinajstić information content (AvgIpc) is 2.99. The molecule has 0 radical (unpaired) electrons. The van der Waals surface area contributed by atoms with Gasteiger partial charge in [-0.2, -0.15) is 0 Å². The largest absolute Gasteiger partial charge is 0.117 e. The van der Waals surface area contributed by atoms with E-state index in [1.807, 2.05) is 6.07 Å². The Morgan fingerprint density at radius 1 is 1.31 bits per heavy atom. The minimum Gasteiger partial charge on any atom is -0.117 e. The van der Waals surface area contributed by atoms with Crippen LogP contribution in [0.1, 0.15) is 37.1 Å². The molecule has 0 aromatic heterocycles. The summed E-state index contributed by atoms with van der Waals surface area (Å²) in [7, 11) is 0. The monoisotopic (exact) mass is 194 g/mol. The summed E-state index contributed by atoms with van der Waals surface area (Å²) in [5, 5.41) is 0.221. The van der Waals surface area contributed by atoms with E-state index in [-0.39, 0.29) is 5.38 Å². The van der Waals surface area contributed by atoms with Gasteiger partial charge in [0, 0.05) is 0 Å². The second-order valence-electron chi connectivity index (χ2n) is 3.99. The first-order valence-corrected chi connectivity index (χ1v) is 5.41. The van der Waals surface area contributed by atoms with Crippen LogP contribution < -0.4 is 0 Å². The molecule has 1 aliphatic carbocycles. The summed E-state index contributed by atoms with van der Waals surface area (Å²) in [5.74, 6) is 0. The van der Waals surface area contributed by atoms with Crippen LogP contribution in [0.3, 0.4) is 0 Å². The molecular weight excluding hydrogens is 180 g/mol. The molecule has 1 aromatic rings. The van der Waals surface area contributed by atoms with E-state index in [2.05, 4.69) is 31.2 Å². The molecule has 2 rings (SSSR count). The zero-order chi connectivity index (χ0) is 9.31. The third-order valence-corrected chi connectivity index (χ3v) is 3.94. The summed E-state index contributed by atoms with van der Waals surface area (Å²) in [4.78, 5) is 0. The van der Waals surface area contributed by atoms with Crippen LogP contribution in [0.2, 0.25) is 0 Å². The fourth-order valence-corrected chi connectivity index (χ4v) is 2.44. The van der Waals surface area contributed by atoms with Crippen molar-refractivity contribution in [1.29, 1.82) is 0 Å². The molecule has 1 fully saturated rings. The number of halogens is 1. The summed E-state index contributed by atoms with van der Waals surface area (Å²) in [5.41, 5.74) is 1.70. The first-order chi connectivity index (χ1) is 6.28. The quantitative estimate of drug-likeness (QED) is 0.634. The molecule has 1 unspecified atom stereocenters. The Morgan fingerprint density at radius 2 is 1.92 bits per heavy atom. The Kier molecular flexibility index (Phi) is 2.33. The van der Waals surface area contributed by atoms with Crippen molar-refractivity contribution in [2.45, 2.75) is 31.6 Å². The third-order valence-electron chi connectivity index (χ3n) is 3.23. The maximum Gasteiger partial charge on any atom is 0.0641 e. The van der Waals surface area contributed by atoms with Crippen LogP contribution >= 0.6 is 11.6 Å². The van der Waals surface area contributed by atoms with Crippen LogP contribution in [-0.2, 0) is 0 Å². The first kappa shape index (κ1) is 9.08. The number of rotatable bonds is 3. The third kappa shape index (κ3) is 1.60. The minimum atomic E-state index is 0.221. The molecule has 0 saturated heterocycles. The van der Waals surface area contributed by atoms with Crippen molar-refractivity contribution in [3.8, 4) is 0 Å². The summed E-state index contributed by atoms with van der Waals surface area (Å²) in [6.07, 6.45) is 3.80. The van der Waals surface area contributed by atoms with Crippen LogP contribution in [0.5, 0.6) is 0 Å². The molecule has 1 heteroatoms. The Hall–Kier alpha value is -0.490. The first-order valence-electron chi connectivity index (χ1n) is 4.97. The molecular formula is C12H15Cl. The molecule has 1 atom stereocenters. The van der Waals surface area contributed by atoms with Crippen molar-refractivity contribution in [2.75, 3.05) is 0 Å². The summed E-state index contributed by atoms with van der Waals surface area (Å²) in [6.45, 7) is 2.24. The molecule has 1 saturated carbocycles. The molecule has 0 N–H and O–H groups in total. The van der Waals surface area contributed by atoms with Crippen molar-refractivity contribution in [1.82, 2.24) is 0 Å². The van der Waals surface area contributed by atoms with Gasteiger partial charge in [0.25, 0.3) is 0 Å². The highest BCUT2D eigenvalue weighted by Gasteiger charge is 2.47. The predicted octanol–water partition coefficient (Wildman–Crippen LogP) is 4.16. The fourth-order valence-electron chi connectivity index (χ4n) is 1.92. The lowest BCUT2D eigenvalue weighted by Gasteiger charge is -2.19. The van der Waals surface area contributed by atoms with Gasteiger partial charge in [-0.05, 0) is 30.2 Å². The summed E-state index contributed by atoms with van der Waals surface area (Å²) < 4.78 is 0. The van der Waals surface area contributed by atoms with Crippen LogP contribution in [0.4, 0.5) is 0 Å². The van der Waals surface area contributed by atoms with Crippen LogP contribution in [0, 0.1) is 5.41 Å². The topological polar surface area (TPSA) is 0 Å². The fraction of sp³-hybridized carbons (Fsp3) is 0.500. The molecule has 0 nitrogen and oxygen atoms in total. The normalized spacial score (nSPS) is 21.1. The molecule has 0 bridgehead atoms. The van der Waals surface area contributed by atoms with Crippen molar-refractivity contribution >= 4 is 11.6 Å². The van der Waals surface area contributed by atoms with E-state index in [0.29, 0.717) is 5.41 Å². The van der Waals surface area contributed by atoms with Gasteiger partial charge < -0.3 is 0 Å². The molecule has 0 spiro atoms. The lowest BCUT2D eigenvalue weighted by atomic mass is 9.93. The predicted molar refractivity (Wildman–Crippen MR) is 57.0 cm³/mol. The second-order valence-corrected chi connectivity index (χ2v) is 4.43. The molecule has 0 heterocycles. The zero-order valence-corrected chi connectivity index (χ0v) is 8.72. The molecule has 1 aromatic carbocycles. The van der Waals surface area contributed by atoms with Gasteiger partial charge in [0.05, 0.1) is 5.38 Å². The van der Waals surface area contributed by atoms with Crippen LogP contribution in [0.25, 0.3) is 0 Å². The van der Waals surface area contributed by atoms with E-state index < -0.39 is 0 Å². The Balaban J connectivity index is 2.18. The SMILES string of the molecule is CCC1(C(Cl)c2ccccc2)CC1. The van der Waals surface area contributed by atoms with Gasteiger partial charge in [-0.25, -0.2) is 0 Å². The standard InChI is InChI=1S/C12H15Cl/c1-2-12(8-9-12)11(13)10-6-4-3-5-7-10/h3-7,11H,2,8-9H2,1H3. The van der Waals surface area contributed by atoms with Crippen molar-refractivity contribution in [3.63, 3.8) is 0 Å². The Morgan fingerprint density at radius 3 is 2.38 bits per heavy atom. The molecule has 70 valence electrons. The highest BCUT2D eigenvalue weighted by molar-refractivity contribution is 6.21. The lowest BCUT2D eigenvalue weighted by molar-refractivity contribution is 0.472. The molecule has 0 amide bonds. The van der Waals surface area contributed by atoms with Crippen molar-refractivity contribution < 1.29 is 0 Å². The van der Waals surface area contributed by atoms with Gasteiger partial charge in [-0.3, -0.25) is 0 Å². The van der Waals surface area contributed by atoms with Gasteiger partial charge >= 0.3 is 0 Å². The zero-order valence-electron chi connectivity index (χ0n) is 7.96. The number of benzene rings is 1. The summed E-state index contributed by atoms with van der Waals surface area (Å²) in [6, 6.07) is 10.4. The van der Waals surface area contributed by atoms with Gasteiger partial charge in [0.2, 0.25) is 0 Å². The smallest absolute Gasteiger partial charge is 0.0641 e. The molecule has 1 aliphatic rings. The van der Waals surface area contributed by atoms with Crippen LogP contribution in [0.15, 0.2) is 30.3 Å². The van der Waals surface area contributed by atoms with Crippen LogP contribution in [-0.4, -0.2) is 0 Å². The van der Waals surface area contributed by atoms with E-state index in [9.17, 15) is 0 Å². The Bertz CT molecular complexity index is 274. The van der Waals surface area contributed by atoms with Crippen molar-refractivity contribution in [3.05, 3.63) is 35.9 Å². The highest BCUT2D eigenvalue weighted by atomic mass is 35.5. The molecule has 13 heavy (non-hydrogen) atoms. The van der Waals surface area contributed by atoms with E-state index in [4.69, 9.17) is 11.6 Å². The number of hydrogen-bond acceptors (Lipinski definition) is 0. The maximum absolute atomic E-state index is 6.46. The van der Waals surface area contributed by atoms with Gasteiger partial charge in [-0.1, -0.05) is 37.3 Å². The summed E-state index contributed by atoms with van der Waals surface area (Å²) >= 11 is 6.46. The van der Waals surface area contributed by atoms with Gasteiger partial charge in [-0.15, -0.1) is 11.6 Å². The van der Waals surface area contributed by atoms with E-state index in [1.54, 1.807) is 0 Å². The minimum absolute atomic E-state index is 0.221.